The minimum atomic E-state index is -0.257. The summed E-state index contributed by atoms with van der Waals surface area (Å²) in [7, 11) is 0. The zero-order valence-corrected chi connectivity index (χ0v) is 17.2. The molecular weight excluding hydrogens is 376 g/mol. The number of nitrogens with zero attached hydrogens (tertiary/aromatic N) is 3. The summed E-state index contributed by atoms with van der Waals surface area (Å²) in [6, 6.07) is 15.7. The Bertz CT molecular complexity index is 1120. The van der Waals surface area contributed by atoms with Gasteiger partial charge in [-0.3, -0.25) is 9.59 Å². The minimum absolute atomic E-state index is 0.0484. The first-order valence-electron chi connectivity index (χ1n) is 10.8. The zero-order valence-electron chi connectivity index (χ0n) is 17.2. The third kappa shape index (κ3) is 3.47. The monoisotopic (exact) mass is 402 g/mol. The van der Waals surface area contributed by atoms with Gasteiger partial charge < -0.3 is 14.8 Å². The van der Waals surface area contributed by atoms with E-state index >= 15 is 0 Å². The Labute approximate surface area is 175 Å². The van der Waals surface area contributed by atoms with E-state index in [9.17, 15) is 9.59 Å². The highest BCUT2D eigenvalue weighted by Gasteiger charge is 2.32. The summed E-state index contributed by atoms with van der Waals surface area (Å²) in [6.45, 7) is 2.87. The van der Waals surface area contributed by atoms with Gasteiger partial charge in [0.05, 0.1) is 17.1 Å². The number of para-hydroxylation sites is 3. The Morgan fingerprint density at radius 1 is 1.13 bits per heavy atom. The number of imidazole rings is 1. The van der Waals surface area contributed by atoms with Crippen LogP contribution in [0.3, 0.4) is 0 Å². The molecule has 5 rings (SSSR count). The zero-order chi connectivity index (χ0) is 20.7. The third-order valence-electron chi connectivity index (χ3n) is 6.08. The van der Waals surface area contributed by atoms with Crippen LogP contribution >= 0.6 is 0 Å². The van der Waals surface area contributed by atoms with Crippen LogP contribution in [0.1, 0.15) is 43.6 Å². The van der Waals surface area contributed by atoms with E-state index in [0.717, 1.165) is 54.8 Å². The molecule has 1 N–H and O–H groups in total. The average Bonchev–Trinajstić information content (AvgIpc) is 3.56. The van der Waals surface area contributed by atoms with Crippen molar-refractivity contribution in [3.8, 4) is 0 Å². The number of carbonyl (C=O) groups excluding carboxylic acids is 2. The van der Waals surface area contributed by atoms with Gasteiger partial charge in [-0.25, -0.2) is 4.98 Å². The molecule has 30 heavy (non-hydrogen) atoms. The lowest BCUT2D eigenvalue weighted by Gasteiger charge is -2.30. The topological polar surface area (TPSA) is 67.2 Å². The molecule has 0 radical (unpaired) electrons. The number of amides is 2. The Kier molecular flexibility index (Phi) is 4.77. The number of fused-ring (bicyclic) bond motifs is 2. The standard InChI is InChI=1S/C24H26N4O2/c1-16(25-24(30)18-12-13-18)23-26-19-9-3-5-11-21(19)28(23)15-22(29)27-14-6-8-17-7-2-4-10-20(17)27/h2-5,7,9-11,16,18H,6,8,12-15H2,1H3,(H,25,30). The summed E-state index contributed by atoms with van der Waals surface area (Å²) >= 11 is 0. The molecule has 1 atom stereocenters. The van der Waals surface area contributed by atoms with Crippen molar-refractivity contribution in [1.82, 2.24) is 14.9 Å². The van der Waals surface area contributed by atoms with Gasteiger partial charge in [0, 0.05) is 18.2 Å². The molecule has 1 aliphatic carbocycles. The summed E-state index contributed by atoms with van der Waals surface area (Å²) in [4.78, 5) is 32.3. The summed E-state index contributed by atoms with van der Waals surface area (Å²) in [5.74, 6) is 0.991. The van der Waals surface area contributed by atoms with Gasteiger partial charge >= 0.3 is 0 Å². The number of rotatable bonds is 5. The summed E-state index contributed by atoms with van der Waals surface area (Å²) in [6.07, 6.45) is 3.89. The fraction of sp³-hybridized carbons (Fsp3) is 0.375. The lowest BCUT2D eigenvalue weighted by Crippen LogP contribution is -2.38. The van der Waals surface area contributed by atoms with Crippen molar-refractivity contribution in [2.75, 3.05) is 11.4 Å². The number of aryl methyl sites for hydroxylation is 1. The van der Waals surface area contributed by atoms with Crippen molar-refractivity contribution >= 4 is 28.5 Å². The van der Waals surface area contributed by atoms with E-state index < -0.39 is 0 Å². The van der Waals surface area contributed by atoms with Gasteiger partial charge in [-0.05, 0) is 56.4 Å². The number of nitrogens with one attached hydrogen (secondary N) is 1. The van der Waals surface area contributed by atoms with Gasteiger partial charge in [-0.1, -0.05) is 30.3 Å². The van der Waals surface area contributed by atoms with Gasteiger partial charge in [-0.15, -0.1) is 0 Å². The van der Waals surface area contributed by atoms with E-state index in [4.69, 9.17) is 4.98 Å². The highest BCUT2D eigenvalue weighted by molar-refractivity contribution is 5.95. The fourth-order valence-corrected chi connectivity index (χ4v) is 4.35. The van der Waals surface area contributed by atoms with Gasteiger partial charge in [-0.2, -0.15) is 0 Å². The first-order valence-corrected chi connectivity index (χ1v) is 10.8. The van der Waals surface area contributed by atoms with Gasteiger partial charge in [0.25, 0.3) is 0 Å². The molecule has 0 bridgehead atoms. The Balaban J connectivity index is 1.46. The number of anilines is 1. The number of benzene rings is 2. The Hall–Kier alpha value is -3.15. The second-order valence-electron chi connectivity index (χ2n) is 8.33. The van der Waals surface area contributed by atoms with Crippen LogP contribution in [0.15, 0.2) is 48.5 Å². The van der Waals surface area contributed by atoms with E-state index in [2.05, 4.69) is 11.4 Å². The highest BCUT2D eigenvalue weighted by Crippen LogP contribution is 2.31. The van der Waals surface area contributed by atoms with Gasteiger partial charge in [0.15, 0.2) is 0 Å². The van der Waals surface area contributed by atoms with Crippen LogP contribution in [-0.4, -0.2) is 27.9 Å². The number of carbonyl (C=O) groups is 2. The second kappa shape index (κ2) is 7.59. The SMILES string of the molecule is CC(NC(=O)C1CC1)c1nc2ccccc2n1CC(=O)N1CCCc2ccccc21. The summed E-state index contributed by atoms with van der Waals surface area (Å²) < 4.78 is 1.97. The van der Waals surface area contributed by atoms with E-state index in [-0.39, 0.29) is 30.3 Å². The van der Waals surface area contributed by atoms with Crippen LogP contribution in [-0.2, 0) is 22.6 Å². The number of hydrogen-bond donors (Lipinski definition) is 1. The molecule has 0 saturated heterocycles. The smallest absolute Gasteiger partial charge is 0.246 e. The fourth-order valence-electron chi connectivity index (χ4n) is 4.35. The quantitative estimate of drug-likeness (QED) is 0.709. The Morgan fingerprint density at radius 2 is 1.90 bits per heavy atom. The third-order valence-corrected chi connectivity index (χ3v) is 6.08. The van der Waals surface area contributed by atoms with Crippen LogP contribution in [0.4, 0.5) is 5.69 Å². The molecule has 1 aromatic heterocycles. The lowest BCUT2D eigenvalue weighted by atomic mass is 10.0. The molecule has 1 saturated carbocycles. The first kappa shape index (κ1) is 18.9. The molecule has 0 spiro atoms. The molecule has 6 nitrogen and oxygen atoms in total. The molecule has 2 aliphatic rings. The van der Waals surface area contributed by atoms with Crippen LogP contribution in [0, 0.1) is 5.92 Å². The number of aromatic nitrogens is 2. The van der Waals surface area contributed by atoms with Crippen molar-refractivity contribution in [3.05, 3.63) is 59.9 Å². The molecule has 1 unspecified atom stereocenters. The van der Waals surface area contributed by atoms with E-state index in [1.807, 2.05) is 58.9 Å². The average molecular weight is 402 g/mol. The molecule has 2 heterocycles. The maximum atomic E-state index is 13.4. The molecule has 3 aromatic rings. The van der Waals surface area contributed by atoms with Crippen molar-refractivity contribution in [3.63, 3.8) is 0 Å². The number of hydrogen-bond acceptors (Lipinski definition) is 3. The molecule has 154 valence electrons. The van der Waals surface area contributed by atoms with Crippen molar-refractivity contribution < 1.29 is 9.59 Å². The molecular formula is C24H26N4O2. The second-order valence-corrected chi connectivity index (χ2v) is 8.33. The predicted molar refractivity (Wildman–Crippen MR) is 116 cm³/mol. The molecule has 2 amide bonds. The van der Waals surface area contributed by atoms with Crippen molar-refractivity contribution in [2.24, 2.45) is 5.92 Å². The first-order chi connectivity index (χ1) is 14.6. The van der Waals surface area contributed by atoms with Crippen molar-refractivity contribution in [2.45, 2.75) is 45.2 Å². The molecule has 6 heteroatoms. The van der Waals surface area contributed by atoms with Gasteiger partial charge in [0.1, 0.15) is 12.4 Å². The van der Waals surface area contributed by atoms with Crippen molar-refractivity contribution in [1.29, 1.82) is 0 Å². The molecule has 2 aromatic carbocycles. The summed E-state index contributed by atoms with van der Waals surface area (Å²) in [5, 5.41) is 3.08. The van der Waals surface area contributed by atoms with E-state index in [0.29, 0.717) is 0 Å². The van der Waals surface area contributed by atoms with E-state index in [1.165, 1.54) is 5.56 Å². The van der Waals surface area contributed by atoms with Crippen LogP contribution in [0.25, 0.3) is 11.0 Å². The van der Waals surface area contributed by atoms with Gasteiger partial charge in [0.2, 0.25) is 11.8 Å². The largest absolute Gasteiger partial charge is 0.346 e. The lowest BCUT2D eigenvalue weighted by molar-refractivity contribution is -0.123. The molecule has 1 aliphatic heterocycles. The molecule has 1 fully saturated rings. The Morgan fingerprint density at radius 3 is 2.73 bits per heavy atom. The normalized spacial score (nSPS) is 16.9. The van der Waals surface area contributed by atoms with Crippen LogP contribution < -0.4 is 10.2 Å². The minimum Gasteiger partial charge on any atom is -0.346 e. The maximum Gasteiger partial charge on any atom is 0.246 e. The van der Waals surface area contributed by atoms with Crippen LogP contribution in [0.2, 0.25) is 0 Å². The summed E-state index contributed by atoms with van der Waals surface area (Å²) in [5.41, 5.74) is 3.98. The van der Waals surface area contributed by atoms with E-state index in [1.54, 1.807) is 0 Å². The maximum absolute atomic E-state index is 13.4. The van der Waals surface area contributed by atoms with Crippen LogP contribution in [0.5, 0.6) is 0 Å². The predicted octanol–water partition coefficient (Wildman–Crippen LogP) is 3.60. The highest BCUT2D eigenvalue weighted by atomic mass is 16.2.